The van der Waals surface area contributed by atoms with E-state index in [4.69, 9.17) is 4.42 Å². The lowest BCUT2D eigenvalue weighted by Gasteiger charge is -2.23. The average Bonchev–Trinajstić information content (AvgIpc) is 3.36. The predicted molar refractivity (Wildman–Crippen MR) is 163 cm³/mol. The summed E-state index contributed by atoms with van der Waals surface area (Å²) in [6.07, 6.45) is 4.42. The molecule has 2 aromatic heterocycles. The Kier molecular flexibility index (Phi) is 9.44. The number of fused-ring (bicyclic) bond motifs is 1. The molecule has 0 spiro atoms. The number of nitrogens with one attached hydrogen (secondary N) is 2. The molecule has 3 heterocycles. The van der Waals surface area contributed by atoms with Crippen LogP contribution in [0.3, 0.4) is 0 Å². The van der Waals surface area contributed by atoms with Crippen molar-refractivity contribution in [1.82, 2.24) is 20.5 Å². The number of ketones is 1. The van der Waals surface area contributed by atoms with Crippen molar-refractivity contribution in [3.8, 4) is 11.3 Å². The van der Waals surface area contributed by atoms with Crippen molar-refractivity contribution < 1.29 is 18.8 Å². The van der Waals surface area contributed by atoms with Crippen molar-refractivity contribution in [3.63, 3.8) is 0 Å². The van der Waals surface area contributed by atoms with Crippen LogP contribution in [0.15, 0.2) is 83.4 Å². The van der Waals surface area contributed by atoms with Gasteiger partial charge in [0.05, 0.1) is 18.3 Å². The van der Waals surface area contributed by atoms with Crippen LogP contribution >= 0.6 is 0 Å². The van der Waals surface area contributed by atoms with E-state index in [0.717, 1.165) is 42.6 Å². The zero-order valence-electron chi connectivity index (χ0n) is 24.2. The standard InChI is InChI=1S/C34H38N4O4/c1-23(2)19-29(37-34(41)32-21-26-10-3-4-14-31(26)42-32)33(40)36-28-13-8-17-38(22-30(28)39)18-15-24-9-7-11-25(20-24)27-12-5-6-16-35-27/h3-7,9-12,14,16,20-21,23,28-29H,8,13,15,17-19,22H2,1-2H3,(H,36,40)(H,37,41)/t28?,29-/m0/s1. The highest BCUT2D eigenvalue weighted by Gasteiger charge is 2.30. The van der Waals surface area contributed by atoms with E-state index in [1.54, 1.807) is 18.3 Å². The van der Waals surface area contributed by atoms with E-state index in [1.807, 2.05) is 56.3 Å². The van der Waals surface area contributed by atoms with Crippen LogP contribution in [-0.2, 0) is 16.0 Å². The fourth-order valence-corrected chi connectivity index (χ4v) is 5.44. The number of hydrogen-bond acceptors (Lipinski definition) is 6. The zero-order valence-corrected chi connectivity index (χ0v) is 24.2. The molecular weight excluding hydrogens is 528 g/mol. The normalized spacial score (nSPS) is 16.7. The molecule has 1 saturated heterocycles. The van der Waals surface area contributed by atoms with Crippen LogP contribution in [0.1, 0.15) is 49.2 Å². The summed E-state index contributed by atoms with van der Waals surface area (Å²) in [4.78, 5) is 46.2. The van der Waals surface area contributed by atoms with Gasteiger partial charge in [-0.25, -0.2) is 0 Å². The minimum absolute atomic E-state index is 0.00464. The molecule has 1 aliphatic rings. The Morgan fingerprint density at radius 1 is 1.05 bits per heavy atom. The summed E-state index contributed by atoms with van der Waals surface area (Å²) < 4.78 is 5.69. The monoisotopic (exact) mass is 566 g/mol. The number of carbonyl (C=O) groups is 3. The molecule has 218 valence electrons. The first-order chi connectivity index (χ1) is 20.4. The van der Waals surface area contributed by atoms with Gasteiger partial charge in [0.25, 0.3) is 5.91 Å². The van der Waals surface area contributed by atoms with Gasteiger partial charge in [-0.15, -0.1) is 0 Å². The molecule has 1 unspecified atom stereocenters. The van der Waals surface area contributed by atoms with Gasteiger partial charge in [-0.3, -0.25) is 24.3 Å². The molecule has 0 saturated carbocycles. The topological polar surface area (TPSA) is 105 Å². The number of pyridine rings is 1. The van der Waals surface area contributed by atoms with E-state index in [2.05, 4.69) is 38.7 Å². The molecule has 2 aromatic carbocycles. The van der Waals surface area contributed by atoms with Crippen LogP contribution in [0.4, 0.5) is 0 Å². The maximum absolute atomic E-state index is 13.4. The van der Waals surface area contributed by atoms with Gasteiger partial charge < -0.3 is 15.1 Å². The molecule has 2 N–H and O–H groups in total. The Labute approximate surface area is 246 Å². The largest absolute Gasteiger partial charge is 0.451 e. The third-order valence-corrected chi connectivity index (χ3v) is 7.63. The minimum Gasteiger partial charge on any atom is -0.451 e. The Morgan fingerprint density at radius 2 is 1.88 bits per heavy atom. The number of nitrogens with zero attached hydrogens (tertiary/aromatic N) is 2. The maximum Gasteiger partial charge on any atom is 0.287 e. The highest BCUT2D eigenvalue weighted by molar-refractivity contribution is 5.99. The second-order valence-electron chi connectivity index (χ2n) is 11.4. The predicted octanol–water partition coefficient (Wildman–Crippen LogP) is 5.03. The molecule has 2 amide bonds. The molecule has 42 heavy (non-hydrogen) atoms. The molecule has 4 aromatic rings. The second kappa shape index (κ2) is 13.6. The Bertz CT molecular complexity index is 1500. The molecule has 1 aliphatic heterocycles. The van der Waals surface area contributed by atoms with E-state index in [-0.39, 0.29) is 29.9 Å². The van der Waals surface area contributed by atoms with Crippen LogP contribution in [0.25, 0.3) is 22.2 Å². The lowest BCUT2D eigenvalue weighted by molar-refractivity contribution is -0.129. The molecule has 1 fully saturated rings. The molecule has 0 radical (unpaired) electrons. The number of hydrogen-bond donors (Lipinski definition) is 2. The molecule has 0 aliphatic carbocycles. The van der Waals surface area contributed by atoms with Crippen molar-refractivity contribution >= 4 is 28.6 Å². The van der Waals surface area contributed by atoms with Crippen molar-refractivity contribution in [2.45, 2.75) is 51.6 Å². The third-order valence-electron chi connectivity index (χ3n) is 7.63. The summed E-state index contributed by atoms with van der Waals surface area (Å²) in [5, 5.41) is 6.61. The number of rotatable bonds is 10. The summed E-state index contributed by atoms with van der Waals surface area (Å²) in [6.45, 7) is 5.81. The highest BCUT2D eigenvalue weighted by Crippen LogP contribution is 2.20. The molecule has 5 rings (SSSR count). The first kappa shape index (κ1) is 29.2. The van der Waals surface area contributed by atoms with Gasteiger partial charge >= 0.3 is 0 Å². The average molecular weight is 567 g/mol. The van der Waals surface area contributed by atoms with Crippen LogP contribution in [-0.4, -0.2) is 59.2 Å². The summed E-state index contributed by atoms with van der Waals surface area (Å²) in [6, 6.07) is 21.9. The number of para-hydroxylation sites is 1. The summed E-state index contributed by atoms with van der Waals surface area (Å²) in [7, 11) is 0. The van der Waals surface area contributed by atoms with E-state index >= 15 is 0 Å². The Morgan fingerprint density at radius 3 is 2.67 bits per heavy atom. The lowest BCUT2D eigenvalue weighted by Crippen LogP contribution is -2.52. The smallest absolute Gasteiger partial charge is 0.287 e. The van der Waals surface area contributed by atoms with E-state index in [9.17, 15) is 14.4 Å². The summed E-state index contributed by atoms with van der Waals surface area (Å²) >= 11 is 0. The number of amides is 2. The van der Waals surface area contributed by atoms with Gasteiger partial charge in [-0.2, -0.15) is 0 Å². The fraction of sp³-hybridized carbons (Fsp3) is 0.353. The number of aromatic nitrogens is 1. The van der Waals surface area contributed by atoms with Gasteiger partial charge in [-0.1, -0.05) is 56.3 Å². The van der Waals surface area contributed by atoms with Gasteiger partial charge in [-0.05, 0) is 74.0 Å². The van der Waals surface area contributed by atoms with Crippen molar-refractivity contribution in [3.05, 3.63) is 90.3 Å². The van der Waals surface area contributed by atoms with Crippen LogP contribution < -0.4 is 10.6 Å². The second-order valence-corrected chi connectivity index (χ2v) is 11.4. The van der Waals surface area contributed by atoms with Gasteiger partial charge in [0, 0.05) is 23.7 Å². The molecule has 8 heteroatoms. The van der Waals surface area contributed by atoms with E-state index in [0.29, 0.717) is 18.4 Å². The van der Waals surface area contributed by atoms with E-state index < -0.39 is 18.0 Å². The molecular formula is C34H38N4O4. The van der Waals surface area contributed by atoms with Crippen molar-refractivity contribution in [2.24, 2.45) is 5.92 Å². The molecule has 8 nitrogen and oxygen atoms in total. The SMILES string of the molecule is CC(C)C[C@H](NC(=O)c1cc2ccccc2o1)C(=O)NC1CCCN(CCc2cccc(-c3ccccn3)c2)CC1=O. The maximum atomic E-state index is 13.4. The van der Waals surface area contributed by atoms with Crippen LogP contribution in [0.5, 0.6) is 0 Å². The Hall–Kier alpha value is -4.30. The number of furan rings is 1. The molecule has 0 bridgehead atoms. The quantitative estimate of drug-likeness (QED) is 0.279. The van der Waals surface area contributed by atoms with Crippen molar-refractivity contribution in [2.75, 3.05) is 19.6 Å². The third kappa shape index (κ3) is 7.50. The molecule has 2 atom stereocenters. The van der Waals surface area contributed by atoms with E-state index in [1.165, 1.54) is 5.56 Å². The summed E-state index contributed by atoms with van der Waals surface area (Å²) in [5.41, 5.74) is 3.82. The van der Waals surface area contributed by atoms with Gasteiger partial charge in [0.15, 0.2) is 11.5 Å². The Balaban J connectivity index is 1.17. The minimum atomic E-state index is -0.774. The number of benzene rings is 2. The van der Waals surface area contributed by atoms with Crippen molar-refractivity contribution in [1.29, 1.82) is 0 Å². The first-order valence-electron chi connectivity index (χ1n) is 14.7. The van der Waals surface area contributed by atoms with Gasteiger partial charge in [0.2, 0.25) is 5.91 Å². The fourth-order valence-electron chi connectivity index (χ4n) is 5.44. The summed E-state index contributed by atoms with van der Waals surface area (Å²) in [5.74, 6) is -0.475. The number of carbonyl (C=O) groups excluding carboxylic acids is 3. The van der Waals surface area contributed by atoms with Gasteiger partial charge in [0.1, 0.15) is 11.6 Å². The number of Topliss-reactive ketones (excluding diaryl/α,β-unsaturated/α-hetero) is 1. The highest BCUT2D eigenvalue weighted by atomic mass is 16.3. The van der Waals surface area contributed by atoms with Crippen LogP contribution in [0, 0.1) is 5.92 Å². The lowest BCUT2D eigenvalue weighted by atomic mass is 10.0. The zero-order chi connectivity index (χ0) is 29.5. The first-order valence-corrected chi connectivity index (χ1v) is 14.7. The number of likely N-dealkylation sites (tertiary alicyclic amines) is 1. The van der Waals surface area contributed by atoms with Crippen LogP contribution in [0.2, 0.25) is 0 Å².